The van der Waals surface area contributed by atoms with Crippen LogP contribution >= 0.6 is 0 Å². The van der Waals surface area contributed by atoms with Crippen molar-refractivity contribution in [3.05, 3.63) is 41.8 Å². The Labute approximate surface area is 87.8 Å². The second kappa shape index (κ2) is 3.69. The number of hydrogen-bond donors (Lipinski definition) is 0. The van der Waals surface area contributed by atoms with Gasteiger partial charge in [0.2, 0.25) is 5.89 Å². The zero-order valence-corrected chi connectivity index (χ0v) is 8.65. The summed E-state index contributed by atoms with van der Waals surface area (Å²) in [6, 6.07) is 5.59. The maximum Gasteiger partial charge on any atom is 0.225 e. The van der Waals surface area contributed by atoms with Gasteiger partial charge in [0.1, 0.15) is 6.26 Å². The van der Waals surface area contributed by atoms with Gasteiger partial charge in [0, 0.05) is 11.1 Å². The molecule has 0 amide bonds. The van der Waals surface area contributed by atoms with Crippen LogP contribution in [0, 0.1) is 6.92 Å². The largest absolute Gasteiger partial charge is 0.445 e. The number of aromatic nitrogens is 1. The van der Waals surface area contributed by atoms with E-state index in [0.717, 1.165) is 11.1 Å². The molecule has 1 aromatic heterocycles. The molecule has 2 rings (SSSR count). The van der Waals surface area contributed by atoms with Crippen LogP contribution in [0.1, 0.15) is 22.8 Å². The quantitative estimate of drug-likeness (QED) is 0.701. The van der Waals surface area contributed by atoms with Crippen molar-refractivity contribution < 1.29 is 9.21 Å². The smallest absolute Gasteiger partial charge is 0.225 e. The van der Waals surface area contributed by atoms with Gasteiger partial charge in [-0.15, -0.1) is 0 Å². The fraction of sp³-hybridized carbons (Fsp3) is 0.167. The molecule has 2 aromatic rings. The zero-order chi connectivity index (χ0) is 10.8. The highest BCUT2D eigenvalue weighted by Gasteiger charge is 2.07. The molecule has 0 aliphatic carbocycles. The number of nitrogens with zero attached hydrogens (tertiary/aromatic N) is 1. The molecule has 3 heteroatoms. The molecule has 76 valence electrons. The lowest BCUT2D eigenvalue weighted by Crippen LogP contribution is -1.93. The molecule has 0 bridgehead atoms. The summed E-state index contributed by atoms with van der Waals surface area (Å²) in [5.74, 6) is 0.590. The summed E-state index contributed by atoms with van der Waals surface area (Å²) in [6.45, 7) is 3.49. The molecular weight excluding hydrogens is 190 g/mol. The molecular formula is C12H11NO2. The van der Waals surface area contributed by atoms with E-state index in [0.29, 0.717) is 11.5 Å². The Bertz CT molecular complexity index is 486. The highest BCUT2D eigenvalue weighted by atomic mass is 16.3. The second-order valence-corrected chi connectivity index (χ2v) is 3.48. The predicted molar refractivity (Wildman–Crippen MR) is 56.7 cm³/mol. The minimum absolute atomic E-state index is 0.0477. The summed E-state index contributed by atoms with van der Waals surface area (Å²) in [6.07, 6.45) is 3.11. The molecule has 0 saturated carbocycles. The van der Waals surface area contributed by atoms with Gasteiger partial charge in [-0.1, -0.05) is 0 Å². The van der Waals surface area contributed by atoms with Gasteiger partial charge >= 0.3 is 0 Å². The van der Waals surface area contributed by atoms with E-state index < -0.39 is 0 Å². The summed E-state index contributed by atoms with van der Waals surface area (Å²) in [5.41, 5.74) is 2.55. The van der Waals surface area contributed by atoms with E-state index in [-0.39, 0.29) is 5.78 Å². The highest BCUT2D eigenvalue weighted by molar-refractivity contribution is 5.95. The first-order chi connectivity index (χ1) is 7.16. The van der Waals surface area contributed by atoms with Crippen molar-refractivity contribution in [1.29, 1.82) is 0 Å². The lowest BCUT2D eigenvalue weighted by Gasteiger charge is -2.01. The monoisotopic (exact) mass is 201 g/mol. The Balaban J connectivity index is 2.54. The maximum atomic E-state index is 11.3. The Hall–Kier alpha value is -1.90. The van der Waals surface area contributed by atoms with Crippen LogP contribution in [-0.2, 0) is 0 Å². The van der Waals surface area contributed by atoms with Crippen molar-refractivity contribution in [2.24, 2.45) is 0 Å². The summed E-state index contributed by atoms with van der Waals surface area (Å²) in [7, 11) is 0. The van der Waals surface area contributed by atoms with E-state index in [1.54, 1.807) is 19.2 Å². The van der Waals surface area contributed by atoms with Gasteiger partial charge in [0.05, 0.1) is 6.20 Å². The third-order valence-corrected chi connectivity index (χ3v) is 2.16. The molecule has 15 heavy (non-hydrogen) atoms. The van der Waals surface area contributed by atoms with Crippen LogP contribution in [0.3, 0.4) is 0 Å². The second-order valence-electron chi connectivity index (χ2n) is 3.48. The first kappa shape index (κ1) is 9.65. The van der Waals surface area contributed by atoms with Crippen molar-refractivity contribution in [3.63, 3.8) is 0 Å². The normalized spacial score (nSPS) is 10.3. The lowest BCUT2D eigenvalue weighted by atomic mass is 10.0. The Kier molecular flexibility index (Phi) is 2.37. The fourth-order valence-electron chi connectivity index (χ4n) is 1.48. The third kappa shape index (κ3) is 1.96. The topological polar surface area (TPSA) is 43.1 Å². The van der Waals surface area contributed by atoms with E-state index in [2.05, 4.69) is 4.98 Å². The van der Waals surface area contributed by atoms with Gasteiger partial charge in [0.15, 0.2) is 5.78 Å². The zero-order valence-electron chi connectivity index (χ0n) is 8.65. The van der Waals surface area contributed by atoms with Gasteiger partial charge in [-0.25, -0.2) is 4.98 Å². The van der Waals surface area contributed by atoms with Gasteiger partial charge in [0.25, 0.3) is 0 Å². The van der Waals surface area contributed by atoms with Crippen LogP contribution in [0.2, 0.25) is 0 Å². The van der Waals surface area contributed by atoms with Crippen molar-refractivity contribution in [3.8, 4) is 11.5 Å². The maximum absolute atomic E-state index is 11.3. The lowest BCUT2D eigenvalue weighted by molar-refractivity contribution is 0.101. The van der Waals surface area contributed by atoms with Crippen LogP contribution in [0.4, 0.5) is 0 Å². The van der Waals surface area contributed by atoms with Crippen LogP contribution in [0.25, 0.3) is 11.5 Å². The van der Waals surface area contributed by atoms with Crippen LogP contribution in [0.15, 0.2) is 35.1 Å². The first-order valence-corrected chi connectivity index (χ1v) is 4.69. The molecule has 0 unspecified atom stereocenters. The number of carbonyl (C=O) groups is 1. The third-order valence-electron chi connectivity index (χ3n) is 2.16. The van der Waals surface area contributed by atoms with E-state index >= 15 is 0 Å². The first-order valence-electron chi connectivity index (χ1n) is 4.69. The number of benzene rings is 1. The van der Waals surface area contributed by atoms with Crippen molar-refractivity contribution >= 4 is 5.78 Å². The SMILES string of the molecule is CC(=O)c1cc(C)cc(-c2ncco2)c1. The molecule has 0 atom stereocenters. The summed E-state index contributed by atoms with van der Waals surface area (Å²) in [4.78, 5) is 15.3. The van der Waals surface area contributed by atoms with Gasteiger partial charge < -0.3 is 4.42 Å². The number of hydrogen-bond acceptors (Lipinski definition) is 3. The van der Waals surface area contributed by atoms with E-state index in [1.165, 1.54) is 6.26 Å². The summed E-state index contributed by atoms with van der Waals surface area (Å²) < 4.78 is 5.19. The predicted octanol–water partition coefficient (Wildman–Crippen LogP) is 2.85. The van der Waals surface area contributed by atoms with Crippen LogP contribution in [-0.4, -0.2) is 10.8 Å². The molecule has 0 spiro atoms. The Morgan fingerprint density at radius 1 is 1.33 bits per heavy atom. The van der Waals surface area contributed by atoms with E-state index in [1.807, 2.05) is 19.1 Å². The van der Waals surface area contributed by atoms with Crippen molar-refractivity contribution in [2.45, 2.75) is 13.8 Å². The standard InChI is InChI=1S/C12H11NO2/c1-8-5-10(9(2)14)7-11(6-8)12-13-3-4-15-12/h3-7H,1-2H3. The van der Waals surface area contributed by atoms with E-state index in [9.17, 15) is 4.79 Å². The van der Waals surface area contributed by atoms with E-state index in [4.69, 9.17) is 4.42 Å². The number of ketones is 1. The summed E-state index contributed by atoms with van der Waals surface area (Å²) in [5, 5.41) is 0. The van der Waals surface area contributed by atoms with Gasteiger partial charge in [-0.05, 0) is 37.6 Å². The molecule has 3 nitrogen and oxygen atoms in total. The fourth-order valence-corrected chi connectivity index (χ4v) is 1.48. The molecule has 0 fully saturated rings. The average Bonchev–Trinajstić information content (AvgIpc) is 2.69. The Morgan fingerprint density at radius 2 is 2.13 bits per heavy atom. The molecule has 0 aliphatic rings. The number of carbonyl (C=O) groups excluding carboxylic acids is 1. The van der Waals surface area contributed by atoms with Gasteiger partial charge in [-0.2, -0.15) is 0 Å². The molecule has 1 heterocycles. The molecule has 1 aromatic carbocycles. The molecule has 0 radical (unpaired) electrons. The highest BCUT2D eigenvalue weighted by Crippen LogP contribution is 2.20. The Morgan fingerprint density at radius 3 is 2.73 bits per heavy atom. The number of aryl methyl sites for hydroxylation is 1. The number of Topliss-reactive ketones (excluding diaryl/α,β-unsaturated/α-hetero) is 1. The minimum atomic E-state index is 0.0477. The molecule has 0 saturated heterocycles. The average molecular weight is 201 g/mol. The van der Waals surface area contributed by atoms with Gasteiger partial charge in [-0.3, -0.25) is 4.79 Å². The number of oxazole rings is 1. The molecule has 0 N–H and O–H groups in total. The minimum Gasteiger partial charge on any atom is -0.445 e. The van der Waals surface area contributed by atoms with Crippen LogP contribution in [0.5, 0.6) is 0 Å². The molecule has 0 aliphatic heterocycles. The van der Waals surface area contributed by atoms with Crippen molar-refractivity contribution in [2.75, 3.05) is 0 Å². The van der Waals surface area contributed by atoms with Crippen LogP contribution < -0.4 is 0 Å². The summed E-state index contributed by atoms with van der Waals surface area (Å²) >= 11 is 0. The van der Waals surface area contributed by atoms with Crippen molar-refractivity contribution in [1.82, 2.24) is 4.98 Å². The number of rotatable bonds is 2.